The van der Waals surface area contributed by atoms with Gasteiger partial charge in [0.15, 0.2) is 6.10 Å². The molecule has 1 saturated heterocycles. The van der Waals surface area contributed by atoms with Gasteiger partial charge >= 0.3 is 5.97 Å². The van der Waals surface area contributed by atoms with Crippen LogP contribution in [-0.2, 0) is 14.4 Å². The van der Waals surface area contributed by atoms with E-state index in [1.807, 2.05) is 6.92 Å². The van der Waals surface area contributed by atoms with Crippen molar-refractivity contribution in [3.8, 4) is 0 Å². The first-order valence-electron chi connectivity index (χ1n) is 5.41. The number of nitrogens with zero attached hydrogens (tertiary/aromatic N) is 2. The zero-order chi connectivity index (χ0) is 12.9. The summed E-state index contributed by atoms with van der Waals surface area (Å²) in [6, 6.07) is 0. The van der Waals surface area contributed by atoms with Gasteiger partial charge in [0.2, 0.25) is 0 Å². The van der Waals surface area contributed by atoms with Crippen LogP contribution in [-0.4, -0.2) is 39.1 Å². The summed E-state index contributed by atoms with van der Waals surface area (Å²) in [4.78, 5) is 29.2. The standard InChI is InChI=1S/C11H10N2O4S/c1-5-2-6(17-12-5)3-7-9(14)13-8(11(15)16)4-18-10(7)13/h3-4,6,10H,2H2,1H3,(H,15,16)/t6?,10-/m1/s1. The highest BCUT2D eigenvalue weighted by Gasteiger charge is 2.49. The smallest absolute Gasteiger partial charge is 0.353 e. The number of fused-ring (bicyclic) bond motifs is 1. The number of carboxylic acid groups (broad SMARTS) is 1. The van der Waals surface area contributed by atoms with Crippen molar-refractivity contribution in [2.75, 3.05) is 0 Å². The second-order valence-electron chi connectivity index (χ2n) is 4.27. The van der Waals surface area contributed by atoms with Crippen molar-refractivity contribution in [2.45, 2.75) is 24.8 Å². The SMILES string of the molecule is CC1=NOC(C=C2C(=O)N3C(C(=O)O)=CS[C@H]23)C1. The van der Waals surface area contributed by atoms with Crippen LogP contribution in [0.3, 0.4) is 0 Å². The third-order valence-corrected chi connectivity index (χ3v) is 4.04. The topological polar surface area (TPSA) is 79.2 Å². The lowest BCUT2D eigenvalue weighted by molar-refractivity contribution is -0.141. The van der Waals surface area contributed by atoms with Crippen LogP contribution in [0.1, 0.15) is 13.3 Å². The van der Waals surface area contributed by atoms with Crippen molar-refractivity contribution < 1.29 is 19.5 Å². The second-order valence-corrected chi connectivity index (χ2v) is 5.22. The quantitative estimate of drug-likeness (QED) is 0.594. The van der Waals surface area contributed by atoms with E-state index < -0.39 is 5.97 Å². The maximum Gasteiger partial charge on any atom is 0.353 e. The average molecular weight is 266 g/mol. The molecule has 0 bridgehead atoms. The number of thioether (sulfide) groups is 1. The molecule has 1 amide bonds. The van der Waals surface area contributed by atoms with Crippen LogP contribution in [0.4, 0.5) is 0 Å². The van der Waals surface area contributed by atoms with E-state index in [2.05, 4.69) is 5.16 Å². The summed E-state index contributed by atoms with van der Waals surface area (Å²) < 4.78 is 0. The van der Waals surface area contributed by atoms with Crippen molar-refractivity contribution in [1.82, 2.24) is 4.90 Å². The van der Waals surface area contributed by atoms with Crippen LogP contribution in [0, 0.1) is 0 Å². The molecule has 0 radical (unpaired) electrons. The first kappa shape index (κ1) is 11.3. The van der Waals surface area contributed by atoms with Gasteiger partial charge in [0.1, 0.15) is 11.1 Å². The predicted octanol–water partition coefficient (Wildman–Crippen LogP) is 0.919. The number of carboxylic acids is 1. The number of hydrogen-bond acceptors (Lipinski definition) is 5. The highest BCUT2D eigenvalue weighted by Crippen LogP contribution is 2.44. The molecule has 1 N–H and O–H groups in total. The Balaban J connectivity index is 1.75. The lowest BCUT2D eigenvalue weighted by Crippen LogP contribution is -2.51. The summed E-state index contributed by atoms with van der Waals surface area (Å²) in [6.45, 7) is 1.86. The van der Waals surface area contributed by atoms with Gasteiger partial charge in [-0.15, -0.1) is 11.8 Å². The van der Waals surface area contributed by atoms with E-state index in [1.165, 1.54) is 22.1 Å². The minimum atomic E-state index is -1.08. The minimum absolute atomic E-state index is 0.0481. The summed E-state index contributed by atoms with van der Waals surface area (Å²) in [6.07, 6.45) is 2.21. The van der Waals surface area contributed by atoms with Gasteiger partial charge in [-0.2, -0.15) is 0 Å². The van der Waals surface area contributed by atoms with Crippen LogP contribution in [0.5, 0.6) is 0 Å². The molecule has 94 valence electrons. The van der Waals surface area contributed by atoms with Gasteiger partial charge in [0.25, 0.3) is 5.91 Å². The first-order chi connectivity index (χ1) is 8.58. The van der Waals surface area contributed by atoms with Gasteiger partial charge < -0.3 is 9.94 Å². The maximum atomic E-state index is 11.9. The van der Waals surface area contributed by atoms with E-state index in [0.717, 1.165) is 5.71 Å². The summed E-state index contributed by atoms with van der Waals surface area (Å²) in [7, 11) is 0. The Morgan fingerprint density at radius 1 is 1.72 bits per heavy atom. The maximum absolute atomic E-state index is 11.9. The van der Waals surface area contributed by atoms with E-state index in [4.69, 9.17) is 9.94 Å². The van der Waals surface area contributed by atoms with Gasteiger partial charge in [0, 0.05) is 11.8 Å². The summed E-state index contributed by atoms with van der Waals surface area (Å²) in [5.41, 5.74) is 1.54. The normalized spacial score (nSPS) is 31.7. The zero-order valence-corrected chi connectivity index (χ0v) is 10.3. The highest BCUT2D eigenvalue weighted by molar-refractivity contribution is 8.03. The van der Waals surface area contributed by atoms with Crippen molar-refractivity contribution in [2.24, 2.45) is 5.16 Å². The molecule has 3 rings (SSSR count). The van der Waals surface area contributed by atoms with Gasteiger partial charge in [0.05, 0.1) is 11.3 Å². The lowest BCUT2D eigenvalue weighted by Gasteiger charge is -2.37. The third kappa shape index (κ3) is 1.54. The highest BCUT2D eigenvalue weighted by atomic mass is 32.2. The molecule has 0 aromatic carbocycles. The van der Waals surface area contributed by atoms with Crippen LogP contribution in [0.25, 0.3) is 0 Å². The molecule has 2 atom stereocenters. The number of carbonyl (C=O) groups is 2. The molecule has 6 nitrogen and oxygen atoms in total. The van der Waals surface area contributed by atoms with Crippen molar-refractivity contribution in [3.05, 3.63) is 22.8 Å². The molecule has 3 aliphatic rings. The molecule has 0 aliphatic carbocycles. The summed E-state index contributed by atoms with van der Waals surface area (Å²) >= 11 is 1.33. The van der Waals surface area contributed by atoms with Crippen molar-refractivity contribution >= 4 is 29.4 Å². The molecule has 1 unspecified atom stereocenters. The van der Waals surface area contributed by atoms with Crippen LogP contribution in [0.2, 0.25) is 0 Å². The second kappa shape index (κ2) is 3.88. The molecule has 0 aromatic heterocycles. The minimum Gasteiger partial charge on any atom is -0.477 e. The zero-order valence-electron chi connectivity index (χ0n) is 9.49. The number of rotatable bonds is 2. The Labute approximate surface area is 107 Å². The Morgan fingerprint density at radius 3 is 3.11 bits per heavy atom. The molecule has 1 fully saturated rings. The van der Waals surface area contributed by atoms with Gasteiger partial charge in [-0.1, -0.05) is 5.16 Å². The average Bonchev–Trinajstić information content (AvgIpc) is 2.89. The fourth-order valence-corrected chi connectivity index (χ4v) is 3.23. The van der Waals surface area contributed by atoms with E-state index in [9.17, 15) is 9.59 Å². The summed E-state index contributed by atoms with van der Waals surface area (Å²) in [5, 5.41) is 14.0. The number of carbonyl (C=O) groups excluding carboxylic acids is 1. The van der Waals surface area contributed by atoms with Crippen LogP contribution >= 0.6 is 11.8 Å². The fraction of sp³-hybridized carbons (Fsp3) is 0.364. The third-order valence-electron chi connectivity index (χ3n) is 2.96. The monoisotopic (exact) mass is 266 g/mol. The van der Waals surface area contributed by atoms with Gasteiger partial charge in [-0.3, -0.25) is 9.69 Å². The molecular formula is C11H10N2O4S. The van der Waals surface area contributed by atoms with E-state index in [-0.39, 0.29) is 23.1 Å². The number of aliphatic carboxylic acids is 1. The van der Waals surface area contributed by atoms with Crippen LogP contribution in [0.15, 0.2) is 27.9 Å². The number of amides is 1. The Bertz CT molecular complexity index is 537. The number of hydrogen-bond donors (Lipinski definition) is 1. The van der Waals surface area contributed by atoms with Gasteiger partial charge in [-0.25, -0.2) is 4.79 Å². The molecular weight excluding hydrogens is 256 g/mol. The predicted molar refractivity (Wildman–Crippen MR) is 64.6 cm³/mol. The Hall–Kier alpha value is -1.76. The first-order valence-corrected chi connectivity index (χ1v) is 6.35. The van der Waals surface area contributed by atoms with Crippen LogP contribution < -0.4 is 0 Å². The van der Waals surface area contributed by atoms with E-state index in [0.29, 0.717) is 12.0 Å². The largest absolute Gasteiger partial charge is 0.477 e. The molecule has 3 aliphatic heterocycles. The summed E-state index contributed by atoms with van der Waals surface area (Å²) in [5.74, 6) is -1.33. The van der Waals surface area contributed by atoms with Gasteiger partial charge in [-0.05, 0) is 13.0 Å². The fourth-order valence-electron chi connectivity index (χ4n) is 2.10. The van der Waals surface area contributed by atoms with E-state index >= 15 is 0 Å². The molecule has 3 heterocycles. The van der Waals surface area contributed by atoms with Crippen molar-refractivity contribution in [3.63, 3.8) is 0 Å². The molecule has 0 spiro atoms. The number of β-lactam (4-membered cyclic amide) rings is 1. The Kier molecular flexibility index (Phi) is 2.44. The number of oxime groups is 1. The lowest BCUT2D eigenvalue weighted by atomic mass is 10.0. The molecule has 18 heavy (non-hydrogen) atoms. The molecule has 7 heteroatoms. The van der Waals surface area contributed by atoms with Crippen molar-refractivity contribution in [1.29, 1.82) is 0 Å². The molecule has 0 saturated carbocycles. The molecule has 0 aromatic rings. The van der Waals surface area contributed by atoms with E-state index in [1.54, 1.807) is 6.08 Å². The Morgan fingerprint density at radius 2 is 2.50 bits per heavy atom.